The number of hydrogen-bond donors (Lipinski definition) is 1. The minimum absolute atomic E-state index is 0.0786. The molecular weight excluding hydrogens is 441 g/mol. The topological polar surface area (TPSA) is 96.8 Å². The van der Waals surface area contributed by atoms with Crippen molar-refractivity contribution < 1.29 is 23.5 Å². The summed E-state index contributed by atoms with van der Waals surface area (Å²) in [6, 6.07) is 3.10. The zero-order valence-corrected chi connectivity index (χ0v) is 19.8. The second-order valence-electron chi connectivity index (χ2n) is 10.7. The summed E-state index contributed by atoms with van der Waals surface area (Å²) in [4.78, 5) is 43.1. The Morgan fingerprint density at radius 2 is 1.91 bits per heavy atom. The molecule has 2 aliphatic heterocycles. The molecule has 1 N–H and O–H groups in total. The molecule has 10 heteroatoms. The fourth-order valence-corrected chi connectivity index (χ4v) is 5.36. The number of nitrogens with one attached hydrogen (secondary N) is 1. The van der Waals surface area contributed by atoms with Crippen LogP contribution >= 0.6 is 0 Å². The van der Waals surface area contributed by atoms with Gasteiger partial charge in [-0.2, -0.15) is 9.37 Å². The van der Waals surface area contributed by atoms with Crippen LogP contribution in [0.1, 0.15) is 58.9 Å². The largest absolute Gasteiger partial charge is 0.444 e. The highest BCUT2D eigenvalue weighted by Crippen LogP contribution is 2.55. The van der Waals surface area contributed by atoms with E-state index >= 15 is 0 Å². The predicted octanol–water partition coefficient (Wildman–Crippen LogP) is 3.97. The van der Waals surface area contributed by atoms with Crippen molar-refractivity contribution in [2.75, 3.05) is 24.5 Å². The fraction of sp³-hybridized carbons (Fsp3) is 0.583. The van der Waals surface area contributed by atoms with Crippen molar-refractivity contribution in [3.8, 4) is 0 Å². The Bertz CT molecular complexity index is 1150. The Kier molecular flexibility index (Phi) is 5.29. The summed E-state index contributed by atoms with van der Waals surface area (Å²) in [5.41, 5.74) is 0.327. The van der Waals surface area contributed by atoms with Crippen molar-refractivity contribution in [3.63, 3.8) is 0 Å². The number of carbonyl (C=O) groups is 3. The number of aromatic nitrogens is 2. The summed E-state index contributed by atoms with van der Waals surface area (Å²) in [5, 5.41) is 2.97. The molecule has 182 valence electrons. The molecule has 1 aliphatic carbocycles. The average Bonchev–Trinajstić information content (AvgIpc) is 3.13. The minimum atomic E-state index is -0.725. The number of nitrogens with zero attached hydrogens (tertiary/aromatic N) is 4. The number of urea groups is 1. The molecule has 2 aromatic rings. The molecule has 0 radical (unpaired) electrons. The minimum Gasteiger partial charge on any atom is -0.444 e. The lowest BCUT2D eigenvalue weighted by atomic mass is 9.60. The Morgan fingerprint density at radius 3 is 2.56 bits per heavy atom. The lowest BCUT2D eigenvalue weighted by Gasteiger charge is -2.52. The molecule has 4 amide bonds. The number of hydrogen-bond acceptors (Lipinski definition) is 5. The van der Waals surface area contributed by atoms with Gasteiger partial charge >= 0.3 is 12.1 Å². The van der Waals surface area contributed by atoms with Crippen molar-refractivity contribution >= 4 is 34.8 Å². The Labute approximate surface area is 197 Å². The van der Waals surface area contributed by atoms with Gasteiger partial charge in [-0.05, 0) is 64.0 Å². The first kappa shape index (κ1) is 22.6. The van der Waals surface area contributed by atoms with Crippen LogP contribution in [0.5, 0.6) is 0 Å². The highest BCUT2D eigenvalue weighted by molar-refractivity contribution is 6.06. The van der Waals surface area contributed by atoms with Crippen molar-refractivity contribution in [3.05, 3.63) is 24.3 Å². The Hall–Kier alpha value is -3.17. The number of rotatable bonds is 2. The van der Waals surface area contributed by atoms with E-state index in [9.17, 15) is 18.8 Å². The number of fused-ring (bicyclic) bond motifs is 1. The number of amides is 4. The number of imide groups is 1. The van der Waals surface area contributed by atoms with Gasteiger partial charge in [-0.15, -0.1) is 0 Å². The van der Waals surface area contributed by atoms with Crippen LogP contribution in [0, 0.1) is 11.4 Å². The maximum absolute atomic E-state index is 14.9. The molecule has 0 bridgehead atoms. The molecule has 0 unspecified atom stereocenters. The van der Waals surface area contributed by atoms with E-state index in [4.69, 9.17) is 4.74 Å². The smallest absolute Gasteiger partial charge is 0.410 e. The quantitative estimate of drug-likeness (QED) is 0.669. The average molecular weight is 472 g/mol. The zero-order chi connectivity index (χ0) is 24.3. The predicted molar refractivity (Wildman–Crippen MR) is 123 cm³/mol. The van der Waals surface area contributed by atoms with Crippen LogP contribution in [-0.2, 0) is 9.53 Å². The lowest BCUT2D eigenvalue weighted by molar-refractivity contribution is -0.120. The second kappa shape index (κ2) is 7.95. The zero-order valence-electron chi connectivity index (χ0n) is 19.8. The second-order valence-corrected chi connectivity index (χ2v) is 10.7. The number of ether oxygens (including phenoxy) is 1. The number of carbonyl (C=O) groups excluding carboxylic acids is 3. The first-order chi connectivity index (χ1) is 16.0. The van der Waals surface area contributed by atoms with E-state index in [0.29, 0.717) is 18.7 Å². The Balaban J connectivity index is 1.25. The molecule has 2 aromatic heterocycles. The highest BCUT2D eigenvalue weighted by Gasteiger charge is 2.47. The van der Waals surface area contributed by atoms with Crippen LogP contribution in [-0.4, -0.2) is 57.7 Å². The van der Waals surface area contributed by atoms with E-state index < -0.39 is 17.6 Å². The van der Waals surface area contributed by atoms with Gasteiger partial charge in [0.1, 0.15) is 16.9 Å². The van der Waals surface area contributed by atoms with Crippen LogP contribution in [0.15, 0.2) is 18.3 Å². The van der Waals surface area contributed by atoms with Gasteiger partial charge < -0.3 is 14.2 Å². The van der Waals surface area contributed by atoms with Crippen LogP contribution in [0.25, 0.3) is 11.0 Å². The third kappa shape index (κ3) is 4.10. The number of pyridine rings is 1. The standard InChI is InChI=1S/C24H30FN5O4/c1-23(2,3)34-22(33)28-10-6-24(7-11-28)13-16(14-24)29-8-4-15-12-17(19(25)27-20(15)29)30-9-5-18(31)26-21(30)32/h4,8,12,16H,5-7,9-11,13-14H2,1-3H3,(H,26,31,32). The molecule has 3 fully saturated rings. The Morgan fingerprint density at radius 1 is 1.21 bits per heavy atom. The first-order valence-electron chi connectivity index (χ1n) is 11.8. The normalized spacial score (nSPS) is 21.1. The van der Waals surface area contributed by atoms with Crippen LogP contribution in [0.3, 0.4) is 0 Å². The van der Waals surface area contributed by atoms with Crippen LogP contribution < -0.4 is 10.2 Å². The van der Waals surface area contributed by atoms with Gasteiger partial charge in [0, 0.05) is 43.7 Å². The maximum atomic E-state index is 14.9. The van der Waals surface area contributed by atoms with Gasteiger partial charge in [-0.3, -0.25) is 15.0 Å². The van der Waals surface area contributed by atoms with E-state index in [0.717, 1.165) is 31.1 Å². The number of anilines is 1. The number of piperidine rings is 1. The molecule has 34 heavy (non-hydrogen) atoms. The van der Waals surface area contributed by atoms with E-state index in [1.165, 1.54) is 4.90 Å². The first-order valence-corrected chi connectivity index (χ1v) is 11.8. The summed E-state index contributed by atoms with van der Waals surface area (Å²) >= 11 is 0. The summed E-state index contributed by atoms with van der Waals surface area (Å²) in [5.74, 6) is -1.09. The van der Waals surface area contributed by atoms with E-state index in [1.807, 2.05) is 37.6 Å². The van der Waals surface area contributed by atoms with Crippen molar-refractivity contribution in [2.24, 2.45) is 5.41 Å². The van der Waals surface area contributed by atoms with E-state index in [2.05, 4.69) is 10.3 Å². The molecule has 1 saturated carbocycles. The summed E-state index contributed by atoms with van der Waals surface area (Å²) in [6.07, 6.45) is 5.57. The van der Waals surface area contributed by atoms with Gasteiger partial charge in [0.15, 0.2) is 0 Å². The molecule has 4 heterocycles. The molecule has 1 spiro atoms. The summed E-state index contributed by atoms with van der Waals surface area (Å²) in [6.45, 7) is 7.11. The van der Waals surface area contributed by atoms with Crippen molar-refractivity contribution in [1.29, 1.82) is 0 Å². The molecule has 0 aromatic carbocycles. The molecule has 9 nitrogen and oxygen atoms in total. The number of likely N-dealkylation sites (tertiary alicyclic amines) is 1. The highest BCUT2D eigenvalue weighted by atomic mass is 19.1. The van der Waals surface area contributed by atoms with Crippen molar-refractivity contribution in [1.82, 2.24) is 19.8 Å². The van der Waals surface area contributed by atoms with Gasteiger partial charge in [0.2, 0.25) is 11.9 Å². The maximum Gasteiger partial charge on any atom is 0.410 e. The molecule has 3 aliphatic rings. The molecular formula is C24H30FN5O4. The number of halogens is 1. The molecule has 2 saturated heterocycles. The third-order valence-corrected chi connectivity index (χ3v) is 7.18. The summed E-state index contributed by atoms with van der Waals surface area (Å²) < 4.78 is 22.4. The molecule has 0 atom stereocenters. The van der Waals surface area contributed by atoms with Gasteiger partial charge in [0.25, 0.3) is 0 Å². The van der Waals surface area contributed by atoms with Gasteiger partial charge in [0.05, 0.1) is 0 Å². The monoisotopic (exact) mass is 471 g/mol. The van der Waals surface area contributed by atoms with Gasteiger partial charge in [-0.25, -0.2) is 9.59 Å². The van der Waals surface area contributed by atoms with Crippen LogP contribution in [0.4, 0.5) is 19.7 Å². The summed E-state index contributed by atoms with van der Waals surface area (Å²) in [7, 11) is 0. The van der Waals surface area contributed by atoms with Crippen molar-refractivity contribution in [2.45, 2.75) is 64.5 Å². The lowest BCUT2D eigenvalue weighted by Crippen LogP contribution is -2.50. The van der Waals surface area contributed by atoms with E-state index in [1.54, 1.807) is 11.0 Å². The van der Waals surface area contributed by atoms with Crippen LogP contribution in [0.2, 0.25) is 0 Å². The third-order valence-electron chi connectivity index (χ3n) is 7.18. The van der Waals surface area contributed by atoms with E-state index in [-0.39, 0.29) is 42.1 Å². The van der Waals surface area contributed by atoms with Gasteiger partial charge in [-0.1, -0.05) is 0 Å². The SMILES string of the molecule is CC(C)(C)OC(=O)N1CCC2(CC1)CC(n1ccc3cc(N4CCC(=O)NC4=O)c(F)nc31)C2. The molecule has 5 rings (SSSR count). The fourth-order valence-electron chi connectivity index (χ4n) is 5.36.